The van der Waals surface area contributed by atoms with Crippen LogP contribution in [-0.2, 0) is 22.9 Å². The van der Waals surface area contributed by atoms with Gasteiger partial charge >= 0.3 is 12.1 Å². The minimum absolute atomic E-state index is 0.0925. The zero-order valence-electron chi connectivity index (χ0n) is 21.3. The van der Waals surface area contributed by atoms with Crippen molar-refractivity contribution in [2.75, 3.05) is 13.7 Å². The molecule has 1 aliphatic rings. The maximum atomic E-state index is 14.3. The van der Waals surface area contributed by atoms with Crippen LogP contribution in [0.4, 0.5) is 9.18 Å². The highest BCUT2D eigenvalue weighted by atomic mass is 32.1. The Morgan fingerprint density at radius 1 is 1.26 bits per heavy atom. The van der Waals surface area contributed by atoms with Gasteiger partial charge in [0.1, 0.15) is 16.9 Å². The van der Waals surface area contributed by atoms with Crippen LogP contribution in [0.1, 0.15) is 67.9 Å². The minimum atomic E-state index is -0.630. The number of thiophene rings is 1. The average molecular weight is 502 g/mol. The largest absolute Gasteiger partial charge is 0.465 e. The molecule has 3 aromatic rings. The number of ether oxygens (including phenoxy) is 2. The van der Waals surface area contributed by atoms with E-state index in [0.717, 1.165) is 22.2 Å². The Morgan fingerprint density at radius 2 is 1.97 bits per heavy atom. The molecule has 7 nitrogen and oxygen atoms in total. The lowest BCUT2D eigenvalue weighted by Crippen LogP contribution is -2.43. The molecule has 35 heavy (non-hydrogen) atoms. The Hall–Kier alpha value is -2.94. The number of benzene rings is 1. The second-order valence-corrected chi connectivity index (χ2v) is 11.5. The molecule has 0 saturated carbocycles. The lowest BCUT2D eigenvalue weighted by Gasteiger charge is -2.37. The van der Waals surface area contributed by atoms with Crippen LogP contribution in [0.15, 0.2) is 18.2 Å². The number of fused-ring (bicyclic) bond motifs is 2. The van der Waals surface area contributed by atoms with Crippen molar-refractivity contribution in [1.82, 2.24) is 14.5 Å². The molecule has 1 unspecified atom stereocenters. The molecule has 0 saturated heterocycles. The minimum Gasteiger partial charge on any atom is -0.465 e. The Bertz CT molecular complexity index is 1290. The summed E-state index contributed by atoms with van der Waals surface area (Å²) in [5, 5.41) is 0. The van der Waals surface area contributed by atoms with Gasteiger partial charge in [0.15, 0.2) is 5.82 Å². The Labute approximate surface area is 208 Å². The van der Waals surface area contributed by atoms with Crippen molar-refractivity contribution >= 4 is 34.4 Å². The molecule has 4 rings (SSSR count). The summed E-state index contributed by atoms with van der Waals surface area (Å²) in [7, 11) is 3.07. The lowest BCUT2D eigenvalue weighted by atomic mass is 9.94. The third-order valence-corrected chi connectivity index (χ3v) is 7.32. The summed E-state index contributed by atoms with van der Waals surface area (Å²) in [6.45, 7) is 10.5. The molecule has 0 aliphatic carbocycles. The number of methoxy groups -OCH3 is 1. The number of imidazole rings is 1. The second-order valence-electron chi connectivity index (χ2n) is 10.4. The number of rotatable bonds is 4. The molecule has 1 aromatic carbocycles. The molecule has 2 aromatic heterocycles. The first-order chi connectivity index (χ1) is 16.4. The van der Waals surface area contributed by atoms with E-state index < -0.39 is 17.4 Å². The van der Waals surface area contributed by atoms with Crippen LogP contribution in [0.25, 0.3) is 21.7 Å². The fourth-order valence-electron chi connectivity index (χ4n) is 4.53. The molecule has 9 heteroatoms. The van der Waals surface area contributed by atoms with Gasteiger partial charge in [-0.15, -0.1) is 11.3 Å². The van der Waals surface area contributed by atoms with Crippen LogP contribution in [-0.4, -0.2) is 45.8 Å². The van der Waals surface area contributed by atoms with E-state index in [4.69, 9.17) is 14.5 Å². The van der Waals surface area contributed by atoms with Gasteiger partial charge in [-0.25, -0.2) is 19.0 Å². The molecule has 1 aliphatic heterocycles. The number of hydrogen-bond donors (Lipinski definition) is 0. The number of esters is 1. The first kappa shape index (κ1) is 25.2. The van der Waals surface area contributed by atoms with Crippen molar-refractivity contribution < 1.29 is 23.5 Å². The molecule has 1 atom stereocenters. The Kier molecular flexibility index (Phi) is 6.66. The van der Waals surface area contributed by atoms with E-state index in [1.807, 2.05) is 32.7 Å². The smallest absolute Gasteiger partial charge is 0.410 e. The molecular weight excluding hydrogens is 469 g/mol. The Balaban J connectivity index is 1.78. The number of aryl methyl sites for hydroxylation is 1. The summed E-state index contributed by atoms with van der Waals surface area (Å²) in [6.07, 6.45) is 1.22. The summed E-state index contributed by atoms with van der Waals surface area (Å²) >= 11 is 1.59. The van der Waals surface area contributed by atoms with Crippen molar-refractivity contribution in [1.29, 1.82) is 0 Å². The summed E-state index contributed by atoms with van der Waals surface area (Å²) < 4.78 is 26.6. The molecule has 0 radical (unpaired) electrons. The number of halogens is 1. The summed E-state index contributed by atoms with van der Waals surface area (Å²) in [5.41, 5.74) is 1.62. The van der Waals surface area contributed by atoms with Crippen LogP contribution in [0.3, 0.4) is 0 Å². The number of carbonyl (C=O) groups excluding carboxylic acids is 2. The number of hydrogen-bond acceptors (Lipinski definition) is 6. The van der Waals surface area contributed by atoms with Gasteiger partial charge in [0.25, 0.3) is 0 Å². The zero-order valence-corrected chi connectivity index (χ0v) is 22.1. The molecule has 188 valence electrons. The first-order valence-electron chi connectivity index (χ1n) is 11.8. The van der Waals surface area contributed by atoms with Crippen LogP contribution in [0, 0.1) is 11.7 Å². The van der Waals surface area contributed by atoms with Crippen molar-refractivity contribution in [2.45, 2.75) is 59.1 Å². The van der Waals surface area contributed by atoms with Gasteiger partial charge < -0.3 is 14.0 Å². The topological polar surface area (TPSA) is 73.7 Å². The molecule has 0 fully saturated rings. The molecule has 0 spiro atoms. The van der Waals surface area contributed by atoms with Gasteiger partial charge in [0, 0.05) is 18.5 Å². The van der Waals surface area contributed by atoms with E-state index in [1.165, 1.54) is 18.7 Å². The van der Waals surface area contributed by atoms with Crippen LogP contribution in [0.2, 0.25) is 0 Å². The van der Waals surface area contributed by atoms with E-state index >= 15 is 0 Å². The Morgan fingerprint density at radius 3 is 2.60 bits per heavy atom. The van der Waals surface area contributed by atoms with Crippen LogP contribution in [0.5, 0.6) is 0 Å². The van der Waals surface area contributed by atoms with Gasteiger partial charge in [-0.05, 0) is 63.3 Å². The molecular formula is C26H32FN3O4S. The third kappa shape index (κ3) is 4.91. The number of aromatic nitrogens is 2. The van der Waals surface area contributed by atoms with Gasteiger partial charge in [0.05, 0.1) is 29.1 Å². The van der Waals surface area contributed by atoms with Gasteiger partial charge in [-0.3, -0.25) is 4.90 Å². The highest BCUT2D eigenvalue weighted by molar-refractivity contribution is 7.15. The maximum Gasteiger partial charge on any atom is 0.410 e. The number of nitrogens with zero attached hydrogens (tertiary/aromatic N) is 3. The molecule has 0 N–H and O–H groups in total. The van der Waals surface area contributed by atoms with Crippen molar-refractivity contribution in [3.63, 3.8) is 0 Å². The SMILES string of the molecule is COC(=O)c1cc(F)cc2c1nc(-c1cc3c(s1)C(CC(C)C)N(C(=O)OC(C)(C)C)CC3)n2C. The standard InChI is InChI=1S/C26H32FN3O4S/c1-14(2)10-19-22-15(8-9-30(19)25(32)34-26(3,4)5)11-20(35-22)23-28-21-17(24(31)33-7)12-16(27)13-18(21)29(23)6/h11-14,19H,8-10H2,1-7H3. The van der Waals surface area contributed by atoms with Crippen molar-refractivity contribution in [3.05, 3.63) is 40.0 Å². The summed E-state index contributed by atoms with van der Waals surface area (Å²) in [6, 6.07) is 4.54. The predicted octanol–water partition coefficient (Wildman–Crippen LogP) is 6.11. The maximum absolute atomic E-state index is 14.3. The van der Waals surface area contributed by atoms with Gasteiger partial charge in [-0.2, -0.15) is 0 Å². The highest BCUT2D eigenvalue weighted by Gasteiger charge is 2.36. The lowest BCUT2D eigenvalue weighted by molar-refractivity contribution is 0.0125. The monoisotopic (exact) mass is 501 g/mol. The predicted molar refractivity (Wildman–Crippen MR) is 134 cm³/mol. The second kappa shape index (κ2) is 9.26. The van der Waals surface area contributed by atoms with Gasteiger partial charge in [-0.1, -0.05) is 13.8 Å². The molecule has 0 bridgehead atoms. The quantitative estimate of drug-likeness (QED) is 0.404. The van der Waals surface area contributed by atoms with Gasteiger partial charge in [0.2, 0.25) is 0 Å². The van der Waals surface area contributed by atoms with E-state index in [0.29, 0.717) is 35.7 Å². The van der Waals surface area contributed by atoms with E-state index in [2.05, 4.69) is 19.9 Å². The van der Waals surface area contributed by atoms with Crippen molar-refractivity contribution in [3.8, 4) is 10.7 Å². The van der Waals surface area contributed by atoms with E-state index in [1.54, 1.807) is 15.9 Å². The third-order valence-electron chi connectivity index (χ3n) is 6.04. The zero-order chi connectivity index (χ0) is 25.7. The number of amides is 1. The molecule has 3 heterocycles. The summed E-state index contributed by atoms with van der Waals surface area (Å²) in [5.74, 6) is -0.136. The summed E-state index contributed by atoms with van der Waals surface area (Å²) in [4.78, 5) is 33.9. The average Bonchev–Trinajstić information content (AvgIpc) is 3.33. The fourth-order valence-corrected chi connectivity index (χ4v) is 5.89. The fraction of sp³-hybridized carbons (Fsp3) is 0.500. The van der Waals surface area contributed by atoms with Crippen LogP contribution >= 0.6 is 11.3 Å². The first-order valence-corrected chi connectivity index (χ1v) is 12.6. The highest BCUT2D eigenvalue weighted by Crippen LogP contribution is 2.43. The van der Waals surface area contributed by atoms with E-state index in [-0.39, 0.29) is 17.7 Å². The normalized spacial score (nSPS) is 16.0. The van der Waals surface area contributed by atoms with E-state index in [9.17, 15) is 14.0 Å². The number of carbonyl (C=O) groups is 2. The van der Waals surface area contributed by atoms with Crippen LogP contribution < -0.4 is 0 Å². The van der Waals surface area contributed by atoms with Crippen molar-refractivity contribution in [2.24, 2.45) is 13.0 Å². The molecule has 1 amide bonds.